The molecule has 0 aromatic carbocycles. The SMILES string of the molecule is CCC1(O)CCN(C2CCNCC2)CC1. The van der Waals surface area contributed by atoms with Gasteiger partial charge in [-0.2, -0.15) is 0 Å². The monoisotopic (exact) mass is 212 g/mol. The Bertz CT molecular complexity index is 194. The zero-order valence-corrected chi connectivity index (χ0v) is 9.84. The third kappa shape index (κ3) is 2.71. The van der Waals surface area contributed by atoms with E-state index in [4.69, 9.17) is 0 Å². The van der Waals surface area contributed by atoms with Crippen LogP contribution in [0.4, 0.5) is 0 Å². The van der Waals surface area contributed by atoms with Gasteiger partial charge in [-0.05, 0) is 45.2 Å². The van der Waals surface area contributed by atoms with Crippen molar-refractivity contribution in [2.75, 3.05) is 26.2 Å². The maximum absolute atomic E-state index is 10.2. The van der Waals surface area contributed by atoms with E-state index in [1.165, 1.54) is 25.9 Å². The number of rotatable bonds is 2. The van der Waals surface area contributed by atoms with Crippen molar-refractivity contribution in [3.05, 3.63) is 0 Å². The van der Waals surface area contributed by atoms with E-state index in [1.807, 2.05) is 0 Å². The van der Waals surface area contributed by atoms with Gasteiger partial charge in [0, 0.05) is 19.1 Å². The van der Waals surface area contributed by atoms with Gasteiger partial charge in [-0.15, -0.1) is 0 Å². The highest BCUT2D eigenvalue weighted by molar-refractivity contribution is 4.88. The summed E-state index contributed by atoms with van der Waals surface area (Å²) in [5, 5.41) is 13.6. The molecular weight excluding hydrogens is 188 g/mol. The molecule has 3 heteroatoms. The van der Waals surface area contributed by atoms with E-state index in [0.717, 1.165) is 38.4 Å². The van der Waals surface area contributed by atoms with Crippen LogP contribution in [0.1, 0.15) is 39.0 Å². The molecule has 88 valence electrons. The molecule has 0 atom stereocenters. The lowest BCUT2D eigenvalue weighted by atomic mass is 9.87. The van der Waals surface area contributed by atoms with Gasteiger partial charge in [-0.1, -0.05) is 6.92 Å². The van der Waals surface area contributed by atoms with E-state index in [0.29, 0.717) is 0 Å². The first-order chi connectivity index (χ1) is 7.23. The van der Waals surface area contributed by atoms with Crippen LogP contribution in [-0.4, -0.2) is 47.8 Å². The summed E-state index contributed by atoms with van der Waals surface area (Å²) >= 11 is 0. The average Bonchev–Trinajstić information content (AvgIpc) is 2.31. The van der Waals surface area contributed by atoms with Crippen molar-refractivity contribution in [2.45, 2.75) is 50.7 Å². The van der Waals surface area contributed by atoms with E-state index >= 15 is 0 Å². The molecule has 2 rings (SSSR count). The van der Waals surface area contributed by atoms with Gasteiger partial charge >= 0.3 is 0 Å². The van der Waals surface area contributed by atoms with Crippen molar-refractivity contribution < 1.29 is 5.11 Å². The fourth-order valence-corrected chi connectivity index (χ4v) is 2.83. The minimum absolute atomic E-state index is 0.358. The number of nitrogens with one attached hydrogen (secondary N) is 1. The molecule has 2 N–H and O–H groups in total. The lowest BCUT2D eigenvalue weighted by molar-refractivity contribution is -0.0362. The first-order valence-electron chi connectivity index (χ1n) is 6.41. The molecule has 2 aliphatic rings. The summed E-state index contributed by atoms with van der Waals surface area (Å²) in [6, 6.07) is 0.771. The highest BCUT2D eigenvalue weighted by Gasteiger charge is 2.33. The van der Waals surface area contributed by atoms with Crippen LogP contribution >= 0.6 is 0 Å². The number of aliphatic hydroxyl groups is 1. The highest BCUT2D eigenvalue weighted by atomic mass is 16.3. The normalized spacial score (nSPS) is 29.2. The van der Waals surface area contributed by atoms with Crippen LogP contribution in [0.5, 0.6) is 0 Å². The molecule has 0 aromatic heterocycles. The molecule has 0 amide bonds. The van der Waals surface area contributed by atoms with Crippen molar-refractivity contribution in [1.82, 2.24) is 10.2 Å². The van der Waals surface area contributed by atoms with Crippen LogP contribution in [0.15, 0.2) is 0 Å². The van der Waals surface area contributed by atoms with Gasteiger partial charge in [0.1, 0.15) is 0 Å². The largest absolute Gasteiger partial charge is 0.390 e. The quantitative estimate of drug-likeness (QED) is 0.716. The van der Waals surface area contributed by atoms with Gasteiger partial charge in [0.05, 0.1) is 5.60 Å². The fourth-order valence-electron chi connectivity index (χ4n) is 2.83. The summed E-state index contributed by atoms with van der Waals surface area (Å²) in [5.41, 5.74) is -0.358. The standard InChI is InChI=1S/C12H24N2O/c1-2-12(15)5-9-14(10-6-12)11-3-7-13-8-4-11/h11,13,15H,2-10H2,1H3. The van der Waals surface area contributed by atoms with Gasteiger partial charge in [-0.3, -0.25) is 0 Å². The van der Waals surface area contributed by atoms with Crippen molar-refractivity contribution >= 4 is 0 Å². The van der Waals surface area contributed by atoms with Gasteiger partial charge in [0.2, 0.25) is 0 Å². The molecule has 3 nitrogen and oxygen atoms in total. The van der Waals surface area contributed by atoms with Crippen LogP contribution in [0, 0.1) is 0 Å². The van der Waals surface area contributed by atoms with Crippen LogP contribution in [0.25, 0.3) is 0 Å². The van der Waals surface area contributed by atoms with E-state index in [-0.39, 0.29) is 5.60 Å². The molecule has 0 unspecified atom stereocenters. The molecule has 0 bridgehead atoms. The zero-order chi connectivity index (χ0) is 10.7. The molecule has 0 aliphatic carbocycles. The predicted octanol–water partition coefficient (Wildman–Crippen LogP) is 0.975. The van der Waals surface area contributed by atoms with Crippen molar-refractivity contribution in [3.8, 4) is 0 Å². The summed E-state index contributed by atoms with van der Waals surface area (Å²) in [4.78, 5) is 2.59. The highest BCUT2D eigenvalue weighted by Crippen LogP contribution is 2.27. The lowest BCUT2D eigenvalue weighted by Crippen LogP contribution is -2.50. The summed E-state index contributed by atoms with van der Waals surface area (Å²) in [7, 11) is 0. The Morgan fingerprint density at radius 3 is 2.40 bits per heavy atom. The Hall–Kier alpha value is -0.120. The maximum Gasteiger partial charge on any atom is 0.0669 e. The molecule has 2 saturated heterocycles. The van der Waals surface area contributed by atoms with Gasteiger partial charge in [0.15, 0.2) is 0 Å². The Kier molecular flexibility index (Phi) is 3.65. The molecule has 15 heavy (non-hydrogen) atoms. The van der Waals surface area contributed by atoms with Crippen LogP contribution in [-0.2, 0) is 0 Å². The van der Waals surface area contributed by atoms with E-state index in [9.17, 15) is 5.11 Å². The lowest BCUT2D eigenvalue weighted by Gasteiger charge is -2.42. The number of nitrogens with zero attached hydrogens (tertiary/aromatic N) is 1. The predicted molar refractivity (Wildman–Crippen MR) is 61.9 cm³/mol. The third-order valence-electron chi connectivity index (χ3n) is 4.21. The topological polar surface area (TPSA) is 35.5 Å². The zero-order valence-electron chi connectivity index (χ0n) is 9.84. The number of hydrogen-bond acceptors (Lipinski definition) is 3. The Morgan fingerprint density at radius 2 is 1.87 bits per heavy atom. The fraction of sp³-hybridized carbons (Fsp3) is 1.00. The van der Waals surface area contributed by atoms with Crippen LogP contribution in [0.2, 0.25) is 0 Å². The second-order valence-corrected chi connectivity index (χ2v) is 5.10. The number of piperidine rings is 2. The molecule has 0 aromatic rings. The minimum atomic E-state index is -0.358. The summed E-state index contributed by atoms with van der Waals surface area (Å²) in [6.07, 6.45) is 5.41. The maximum atomic E-state index is 10.2. The van der Waals surface area contributed by atoms with E-state index in [1.54, 1.807) is 0 Å². The molecule has 2 heterocycles. The summed E-state index contributed by atoms with van der Waals surface area (Å²) in [6.45, 7) is 6.61. The minimum Gasteiger partial charge on any atom is -0.390 e. The molecule has 0 saturated carbocycles. The second-order valence-electron chi connectivity index (χ2n) is 5.10. The first kappa shape index (κ1) is 11.4. The van der Waals surface area contributed by atoms with Gasteiger partial charge < -0.3 is 15.3 Å². The van der Waals surface area contributed by atoms with Crippen LogP contribution in [0.3, 0.4) is 0 Å². The molecular formula is C12H24N2O. The number of likely N-dealkylation sites (tertiary alicyclic amines) is 1. The second kappa shape index (κ2) is 4.81. The summed E-state index contributed by atoms with van der Waals surface area (Å²) in [5.74, 6) is 0. The Labute approximate surface area is 92.8 Å². The van der Waals surface area contributed by atoms with Crippen molar-refractivity contribution in [3.63, 3.8) is 0 Å². The van der Waals surface area contributed by atoms with E-state index in [2.05, 4.69) is 17.1 Å². The van der Waals surface area contributed by atoms with Crippen molar-refractivity contribution in [2.24, 2.45) is 0 Å². The van der Waals surface area contributed by atoms with Gasteiger partial charge in [-0.25, -0.2) is 0 Å². The van der Waals surface area contributed by atoms with Crippen molar-refractivity contribution in [1.29, 1.82) is 0 Å². The van der Waals surface area contributed by atoms with E-state index < -0.39 is 0 Å². The molecule has 0 radical (unpaired) electrons. The smallest absolute Gasteiger partial charge is 0.0669 e. The average molecular weight is 212 g/mol. The Balaban J connectivity index is 1.82. The Morgan fingerprint density at radius 1 is 1.27 bits per heavy atom. The molecule has 0 spiro atoms. The third-order valence-corrected chi connectivity index (χ3v) is 4.21. The molecule has 2 aliphatic heterocycles. The first-order valence-corrected chi connectivity index (χ1v) is 6.41. The summed E-state index contributed by atoms with van der Waals surface area (Å²) < 4.78 is 0. The number of hydrogen-bond donors (Lipinski definition) is 2. The van der Waals surface area contributed by atoms with Crippen LogP contribution < -0.4 is 5.32 Å². The van der Waals surface area contributed by atoms with Gasteiger partial charge in [0.25, 0.3) is 0 Å². The molecule has 2 fully saturated rings.